The Balaban J connectivity index is 4.11. The molecule has 9 heavy (non-hydrogen) atoms. The summed E-state index contributed by atoms with van der Waals surface area (Å²) in [5.74, 6) is 0. The molecule has 0 aromatic rings. The average molecular weight is 144 g/mol. The summed E-state index contributed by atoms with van der Waals surface area (Å²) in [5, 5.41) is 0.606. The molecular weight excluding hydrogens is 134 g/mol. The van der Waals surface area contributed by atoms with Crippen molar-refractivity contribution >= 4 is 11.6 Å². The zero-order valence-corrected chi connectivity index (χ0v) is 6.15. The van der Waals surface area contributed by atoms with Crippen molar-refractivity contribution in [1.82, 2.24) is 0 Å². The van der Waals surface area contributed by atoms with E-state index in [1.807, 2.05) is 6.92 Å². The van der Waals surface area contributed by atoms with Gasteiger partial charge < -0.3 is 5.73 Å². The summed E-state index contributed by atoms with van der Waals surface area (Å²) in [7, 11) is 0. The highest BCUT2D eigenvalue weighted by Crippen LogP contribution is 2.05. The van der Waals surface area contributed by atoms with Gasteiger partial charge in [-0.3, -0.25) is 0 Å². The summed E-state index contributed by atoms with van der Waals surface area (Å²) in [6.07, 6.45) is 4.80. The zero-order chi connectivity index (χ0) is 7.28. The van der Waals surface area contributed by atoms with Crippen LogP contribution in [0.5, 0.6) is 0 Å². The molecule has 0 aliphatic carbocycles. The maximum absolute atomic E-state index is 5.59. The molecule has 0 unspecified atom stereocenters. The zero-order valence-electron chi connectivity index (χ0n) is 5.39. The van der Waals surface area contributed by atoms with Gasteiger partial charge in [0.25, 0.3) is 0 Å². The Hall–Kier alpha value is -0.690. The van der Waals surface area contributed by atoms with Crippen LogP contribution in [-0.4, -0.2) is 0 Å². The summed E-state index contributed by atoms with van der Waals surface area (Å²) >= 11 is 5.59. The summed E-state index contributed by atoms with van der Waals surface area (Å²) in [5.41, 5.74) is 6.11. The third-order valence-electron chi connectivity index (χ3n) is 0.823. The molecule has 0 bridgehead atoms. The third kappa shape index (κ3) is 3.86. The number of hydrogen-bond donors (Lipinski definition) is 1. The fourth-order valence-electron chi connectivity index (χ4n) is 0.325. The van der Waals surface area contributed by atoms with Crippen LogP contribution in [0.15, 0.2) is 35.5 Å². The van der Waals surface area contributed by atoms with Gasteiger partial charge in [-0.1, -0.05) is 24.3 Å². The normalized spacial score (nSPS) is 13.6. The Morgan fingerprint density at radius 3 is 2.56 bits per heavy atom. The Kier molecular flexibility index (Phi) is 3.89. The molecule has 1 nitrogen and oxygen atoms in total. The first-order valence-electron chi connectivity index (χ1n) is 2.59. The SMILES string of the molecule is C=C/C(Cl)=C\C(C)=C/N. The van der Waals surface area contributed by atoms with E-state index in [0.29, 0.717) is 5.03 Å². The highest BCUT2D eigenvalue weighted by Gasteiger charge is 1.82. The second-order valence-electron chi connectivity index (χ2n) is 1.64. The van der Waals surface area contributed by atoms with Crippen LogP contribution in [0.25, 0.3) is 0 Å². The molecule has 0 saturated heterocycles. The summed E-state index contributed by atoms with van der Waals surface area (Å²) < 4.78 is 0. The number of allylic oxidation sites excluding steroid dienone is 4. The molecule has 0 aliphatic heterocycles. The van der Waals surface area contributed by atoms with Crippen molar-refractivity contribution in [1.29, 1.82) is 0 Å². The van der Waals surface area contributed by atoms with E-state index in [2.05, 4.69) is 6.58 Å². The van der Waals surface area contributed by atoms with Gasteiger partial charge in [-0.15, -0.1) is 0 Å². The minimum absolute atomic E-state index is 0.606. The number of nitrogens with two attached hydrogens (primary N) is 1. The van der Waals surface area contributed by atoms with Crippen molar-refractivity contribution in [2.45, 2.75) is 6.92 Å². The van der Waals surface area contributed by atoms with Crippen molar-refractivity contribution in [2.75, 3.05) is 0 Å². The molecule has 0 heterocycles. The average Bonchev–Trinajstić information content (AvgIpc) is 1.87. The molecule has 0 atom stereocenters. The predicted molar refractivity (Wildman–Crippen MR) is 42.1 cm³/mol. The highest BCUT2D eigenvalue weighted by molar-refractivity contribution is 6.31. The van der Waals surface area contributed by atoms with Crippen molar-refractivity contribution in [3.8, 4) is 0 Å². The van der Waals surface area contributed by atoms with Crippen molar-refractivity contribution in [3.63, 3.8) is 0 Å². The van der Waals surface area contributed by atoms with Crippen LogP contribution in [0.1, 0.15) is 6.92 Å². The topological polar surface area (TPSA) is 26.0 Å². The molecule has 0 rings (SSSR count). The van der Waals surface area contributed by atoms with E-state index < -0.39 is 0 Å². The van der Waals surface area contributed by atoms with Crippen molar-refractivity contribution in [2.24, 2.45) is 5.73 Å². The van der Waals surface area contributed by atoms with Crippen LogP contribution < -0.4 is 5.73 Å². The first-order valence-corrected chi connectivity index (χ1v) is 2.96. The van der Waals surface area contributed by atoms with Crippen LogP contribution in [0.3, 0.4) is 0 Å². The molecule has 2 N–H and O–H groups in total. The largest absolute Gasteiger partial charge is 0.404 e. The monoisotopic (exact) mass is 143 g/mol. The molecule has 0 fully saturated rings. The quantitative estimate of drug-likeness (QED) is 0.589. The number of halogens is 1. The highest BCUT2D eigenvalue weighted by atomic mass is 35.5. The van der Waals surface area contributed by atoms with Crippen LogP contribution in [0.2, 0.25) is 0 Å². The minimum Gasteiger partial charge on any atom is -0.404 e. The minimum atomic E-state index is 0.606. The predicted octanol–water partition coefficient (Wildman–Crippen LogP) is 2.16. The van der Waals surface area contributed by atoms with Crippen molar-refractivity contribution in [3.05, 3.63) is 35.5 Å². The molecule has 0 radical (unpaired) electrons. The first-order chi connectivity index (χ1) is 4.20. The fourth-order valence-corrected chi connectivity index (χ4v) is 0.497. The van der Waals surface area contributed by atoms with Crippen LogP contribution >= 0.6 is 11.6 Å². The second kappa shape index (κ2) is 4.21. The lowest BCUT2D eigenvalue weighted by Crippen LogP contribution is -1.80. The van der Waals surface area contributed by atoms with Gasteiger partial charge in [-0.25, -0.2) is 0 Å². The van der Waals surface area contributed by atoms with E-state index in [1.165, 1.54) is 6.20 Å². The van der Waals surface area contributed by atoms with E-state index in [-0.39, 0.29) is 0 Å². The molecule has 0 aromatic heterocycles. The van der Waals surface area contributed by atoms with Gasteiger partial charge >= 0.3 is 0 Å². The van der Waals surface area contributed by atoms with E-state index in [4.69, 9.17) is 17.3 Å². The molecule has 50 valence electrons. The fraction of sp³-hybridized carbons (Fsp3) is 0.143. The summed E-state index contributed by atoms with van der Waals surface area (Å²) in [4.78, 5) is 0. The standard InChI is InChI=1S/C7H10ClN/c1-3-7(8)4-6(2)5-9/h3-5H,1,9H2,2H3/b6-5-,7-4+. The van der Waals surface area contributed by atoms with Gasteiger partial charge in [-0.2, -0.15) is 0 Å². The van der Waals surface area contributed by atoms with Crippen LogP contribution in [-0.2, 0) is 0 Å². The molecule has 0 aromatic carbocycles. The molecule has 2 heteroatoms. The van der Waals surface area contributed by atoms with Gasteiger partial charge in [-0.05, 0) is 24.8 Å². The van der Waals surface area contributed by atoms with Gasteiger partial charge in [0.15, 0.2) is 0 Å². The molecule has 0 spiro atoms. The first kappa shape index (κ1) is 8.31. The van der Waals surface area contributed by atoms with Crippen molar-refractivity contribution < 1.29 is 0 Å². The van der Waals surface area contributed by atoms with E-state index in [1.54, 1.807) is 12.2 Å². The van der Waals surface area contributed by atoms with Gasteiger partial charge in [0.05, 0.1) is 0 Å². The Morgan fingerprint density at radius 1 is 1.67 bits per heavy atom. The Bertz CT molecular complexity index is 156. The molecule has 0 amide bonds. The lowest BCUT2D eigenvalue weighted by molar-refractivity contribution is 1.43. The Labute approximate surface area is 60.5 Å². The van der Waals surface area contributed by atoms with E-state index >= 15 is 0 Å². The maximum atomic E-state index is 5.59. The lowest BCUT2D eigenvalue weighted by atomic mass is 10.3. The lowest BCUT2D eigenvalue weighted by Gasteiger charge is -1.88. The molecule has 0 aliphatic rings. The van der Waals surface area contributed by atoms with Gasteiger partial charge in [0, 0.05) is 5.03 Å². The number of rotatable bonds is 2. The second-order valence-corrected chi connectivity index (χ2v) is 2.08. The third-order valence-corrected chi connectivity index (χ3v) is 1.09. The van der Waals surface area contributed by atoms with Gasteiger partial charge in [0.2, 0.25) is 0 Å². The van der Waals surface area contributed by atoms with E-state index in [0.717, 1.165) is 5.57 Å². The van der Waals surface area contributed by atoms with Gasteiger partial charge in [0.1, 0.15) is 0 Å². The van der Waals surface area contributed by atoms with Crippen LogP contribution in [0, 0.1) is 0 Å². The smallest absolute Gasteiger partial charge is 0.0403 e. The molecule has 0 saturated carbocycles. The van der Waals surface area contributed by atoms with Crippen LogP contribution in [0.4, 0.5) is 0 Å². The Morgan fingerprint density at radius 2 is 2.22 bits per heavy atom. The number of hydrogen-bond acceptors (Lipinski definition) is 1. The summed E-state index contributed by atoms with van der Waals surface area (Å²) in [6.45, 7) is 5.35. The molecular formula is C7H10ClN. The summed E-state index contributed by atoms with van der Waals surface area (Å²) in [6, 6.07) is 0. The maximum Gasteiger partial charge on any atom is 0.0403 e. The van der Waals surface area contributed by atoms with E-state index in [9.17, 15) is 0 Å².